The van der Waals surface area contributed by atoms with E-state index in [9.17, 15) is 8.42 Å². The van der Waals surface area contributed by atoms with E-state index in [-0.39, 0.29) is 11.0 Å². The maximum absolute atomic E-state index is 12.0. The maximum Gasteiger partial charge on any atom is 0.349 e. The molecular formula is C14H16N5O2S+. The molecule has 0 aliphatic heterocycles. The van der Waals surface area contributed by atoms with Gasteiger partial charge in [-0.15, -0.1) is 4.98 Å². The van der Waals surface area contributed by atoms with E-state index in [4.69, 9.17) is 5.73 Å². The Morgan fingerprint density at radius 3 is 2.59 bits per heavy atom. The van der Waals surface area contributed by atoms with Gasteiger partial charge >= 0.3 is 5.95 Å². The third-order valence-corrected chi connectivity index (χ3v) is 4.55. The van der Waals surface area contributed by atoms with Crippen LogP contribution < -0.4 is 10.1 Å². The number of aromatic amines is 1. The molecule has 8 heteroatoms. The predicted molar refractivity (Wildman–Crippen MR) is 82.0 cm³/mol. The number of aromatic nitrogens is 4. The van der Waals surface area contributed by atoms with Crippen LogP contribution in [0.1, 0.15) is 11.4 Å². The molecule has 3 aromatic rings. The van der Waals surface area contributed by atoms with Gasteiger partial charge in [0.25, 0.3) is 0 Å². The second-order valence-electron chi connectivity index (χ2n) is 5.21. The molecule has 3 heterocycles. The first-order chi connectivity index (χ1) is 10.3. The molecule has 3 aromatic heterocycles. The second kappa shape index (κ2) is 4.77. The number of fused-ring (bicyclic) bond motifs is 1. The van der Waals surface area contributed by atoms with Gasteiger partial charge in [0, 0.05) is 23.2 Å². The molecule has 0 aliphatic rings. The summed E-state index contributed by atoms with van der Waals surface area (Å²) >= 11 is 0. The van der Waals surface area contributed by atoms with Gasteiger partial charge in [-0.25, -0.2) is 8.42 Å². The summed E-state index contributed by atoms with van der Waals surface area (Å²) in [5, 5.41) is 0.108. The lowest BCUT2D eigenvalue weighted by Crippen LogP contribution is -2.26. The molecule has 7 nitrogen and oxygen atoms in total. The first-order valence-electron chi connectivity index (χ1n) is 6.61. The molecule has 0 amide bonds. The minimum Gasteiger partial charge on any atom is -0.307 e. The molecule has 114 valence electrons. The van der Waals surface area contributed by atoms with Crippen molar-refractivity contribution in [2.75, 3.05) is 12.0 Å². The molecule has 22 heavy (non-hydrogen) atoms. The fraction of sp³-hybridized carbons (Fsp3) is 0.214. The van der Waals surface area contributed by atoms with Crippen molar-refractivity contribution in [3.05, 3.63) is 36.0 Å². The number of nitrogens with two attached hydrogens (primary N) is 1. The lowest BCUT2D eigenvalue weighted by Gasteiger charge is -2.07. The zero-order valence-corrected chi connectivity index (χ0v) is 13.3. The van der Waals surface area contributed by atoms with Crippen LogP contribution in [0.5, 0.6) is 0 Å². The summed E-state index contributed by atoms with van der Waals surface area (Å²) in [5.41, 5.74) is 9.50. The first-order valence-corrected chi connectivity index (χ1v) is 8.50. The number of pyridine rings is 1. The third-order valence-electron chi connectivity index (χ3n) is 3.49. The van der Waals surface area contributed by atoms with E-state index in [2.05, 4.69) is 15.0 Å². The Morgan fingerprint density at radius 1 is 1.23 bits per heavy atom. The Hall–Kier alpha value is -2.48. The molecule has 3 N–H and O–H groups in total. The number of nitrogen functional groups attached to an aromatic ring is 1. The highest BCUT2D eigenvalue weighted by Gasteiger charge is 2.24. The van der Waals surface area contributed by atoms with E-state index < -0.39 is 9.84 Å². The van der Waals surface area contributed by atoms with Crippen LogP contribution in [0.4, 0.5) is 5.95 Å². The SMILES string of the molecule is Cc1ccc(-c2cnc(N)[n+]3c[nH]c(S(C)(=O)=O)c23)c(C)n1. The molecule has 0 bridgehead atoms. The molecule has 0 aromatic carbocycles. The largest absolute Gasteiger partial charge is 0.349 e. The molecule has 0 spiro atoms. The van der Waals surface area contributed by atoms with Gasteiger partial charge in [0.05, 0.1) is 11.8 Å². The zero-order valence-electron chi connectivity index (χ0n) is 12.5. The quantitative estimate of drug-likeness (QED) is 0.680. The van der Waals surface area contributed by atoms with Crippen LogP contribution in [0, 0.1) is 13.8 Å². The summed E-state index contributed by atoms with van der Waals surface area (Å²) in [7, 11) is -3.43. The number of H-pyrrole nitrogens is 1. The topological polar surface area (TPSA) is 106 Å². The highest BCUT2D eigenvalue weighted by atomic mass is 32.2. The van der Waals surface area contributed by atoms with E-state index in [1.54, 1.807) is 6.20 Å². The van der Waals surface area contributed by atoms with Crippen molar-refractivity contribution >= 4 is 21.3 Å². The van der Waals surface area contributed by atoms with E-state index in [1.807, 2.05) is 26.0 Å². The van der Waals surface area contributed by atoms with Crippen LogP contribution in [0.2, 0.25) is 0 Å². The lowest BCUT2D eigenvalue weighted by molar-refractivity contribution is -0.498. The van der Waals surface area contributed by atoms with Gasteiger partial charge in [-0.05, 0) is 19.9 Å². The van der Waals surface area contributed by atoms with Crippen LogP contribution in [0.25, 0.3) is 16.6 Å². The molecule has 0 atom stereocenters. The summed E-state index contributed by atoms with van der Waals surface area (Å²) in [6, 6.07) is 3.78. The van der Waals surface area contributed by atoms with E-state index in [1.165, 1.54) is 10.7 Å². The Labute approximate surface area is 127 Å². The number of aryl methyl sites for hydroxylation is 2. The number of hydrogen-bond donors (Lipinski definition) is 2. The molecule has 0 fully saturated rings. The van der Waals surface area contributed by atoms with Crippen molar-refractivity contribution in [3.63, 3.8) is 0 Å². The van der Waals surface area contributed by atoms with Crippen molar-refractivity contribution in [1.82, 2.24) is 15.0 Å². The average molecular weight is 318 g/mol. The van der Waals surface area contributed by atoms with Crippen LogP contribution >= 0.6 is 0 Å². The Balaban J connectivity index is 2.44. The second-order valence-corrected chi connectivity index (χ2v) is 7.16. The fourth-order valence-electron chi connectivity index (χ4n) is 2.50. The van der Waals surface area contributed by atoms with Crippen LogP contribution in [-0.4, -0.2) is 29.6 Å². The Morgan fingerprint density at radius 2 is 1.95 bits per heavy atom. The lowest BCUT2D eigenvalue weighted by atomic mass is 10.1. The van der Waals surface area contributed by atoms with Crippen LogP contribution in [-0.2, 0) is 9.84 Å². The van der Waals surface area contributed by atoms with Gasteiger partial charge in [-0.3, -0.25) is 9.97 Å². The van der Waals surface area contributed by atoms with Gasteiger partial charge in [-0.2, -0.15) is 4.40 Å². The van der Waals surface area contributed by atoms with Gasteiger partial charge in [0.15, 0.2) is 11.8 Å². The summed E-state index contributed by atoms with van der Waals surface area (Å²) in [5.74, 6) is 0.211. The number of rotatable bonds is 2. The van der Waals surface area contributed by atoms with Crippen LogP contribution in [0.3, 0.4) is 0 Å². The number of nitrogens with zero attached hydrogens (tertiary/aromatic N) is 3. The monoisotopic (exact) mass is 318 g/mol. The molecule has 0 radical (unpaired) electrons. The summed E-state index contributed by atoms with van der Waals surface area (Å²) in [6.45, 7) is 3.78. The van der Waals surface area contributed by atoms with E-state index in [0.717, 1.165) is 23.2 Å². The minimum atomic E-state index is -3.43. The van der Waals surface area contributed by atoms with Crippen molar-refractivity contribution in [2.24, 2.45) is 0 Å². The van der Waals surface area contributed by atoms with Crippen molar-refractivity contribution in [2.45, 2.75) is 18.9 Å². The minimum absolute atomic E-state index is 0.108. The Bertz CT molecular complexity index is 992. The highest BCUT2D eigenvalue weighted by Crippen LogP contribution is 2.28. The Kier molecular flexibility index (Phi) is 3.13. The zero-order chi connectivity index (χ0) is 16.1. The number of imidazole rings is 1. The van der Waals surface area contributed by atoms with E-state index in [0.29, 0.717) is 11.1 Å². The fourth-order valence-corrected chi connectivity index (χ4v) is 3.33. The van der Waals surface area contributed by atoms with Gasteiger partial charge in [-0.1, -0.05) is 6.07 Å². The number of nitrogens with one attached hydrogen (secondary N) is 1. The molecule has 3 rings (SSSR count). The van der Waals surface area contributed by atoms with Crippen LogP contribution in [0.15, 0.2) is 29.7 Å². The molecule has 0 unspecified atom stereocenters. The predicted octanol–water partition coefficient (Wildman–Crippen LogP) is 0.813. The van der Waals surface area contributed by atoms with E-state index >= 15 is 0 Å². The first kappa shape index (κ1) is 14.5. The smallest absolute Gasteiger partial charge is 0.307 e. The van der Waals surface area contributed by atoms with Gasteiger partial charge in [0.1, 0.15) is 0 Å². The molecule has 0 aliphatic carbocycles. The third kappa shape index (κ3) is 2.21. The highest BCUT2D eigenvalue weighted by molar-refractivity contribution is 7.90. The molecule has 0 saturated heterocycles. The normalized spacial score (nSPS) is 12.0. The maximum atomic E-state index is 12.0. The average Bonchev–Trinajstić information content (AvgIpc) is 2.86. The molecular weight excluding hydrogens is 302 g/mol. The molecule has 0 saturated carbocycles. The summed E-state index contributed by atoms with van der Waals surface area (Å²) < 4.78 is 25.6. The summed E-state index contributed by atoms with van der Waals surface area (Å²) in [6.07, 6.45) is 4.22. The van der Waals surface area contributed by atoms with Crippen molar-refractivity contribution < 1.29 is 12.8 Å². The number of sulfone groups is 1. The summed E-state index contributed by atoms with van der Waals surface area (Å²) in [4.78, 5) is 11.3. The standard InChI is InChI=1S/C14H15N5O2S/c1-8-4-5-10(9(2)18-8)11-6-16-14(15)19-7-17-13(12(11)19)22(3,20)21/h4-7H,1-3H3,(H2,15,16)/p+1. The van der Waals surface area contributed by atoms with Crippen molar-refractivity contribution in [1.29, 1.82) is 0 Å². The number of hydrogen-bond acceptors (Lipinski definition) is 5. The van der Waals surface area contributed by atoms with Gasteiger partial charge < -0.3 is 5.73 Å². The van der Waals surface area contributed by atoms with Gasteiger partial charge in [0.2, 0.25) is 14.9 Å². The number of anilines is 1. The van der Waals surface area contributed by atoms with Crippen molar-refractivity contribution in [3.8, 4) is 11.1 Å².